The zero-order chi connectivity index (χ0) is 16.2. The van der Waals surface area contributed by atoms with Crippen LogP contribution in [-0.4, -0.2) is 39.0 Å². The van der Waals surface area contributed by atoms with Gasteiger partial charge in [0.15, 0.2) is 0 Å². The van der Waals surface area contributed by atoms with Crippen molar-refractivity contribution in [1.82, 2.24) is 25.3 Å². The first-order chi connectivity index (χ1) is 11.1. The van der Waals surface area contributed by atoms with Crippen molar-refractivity contribution in [3.05, 3.63) is 35.4 Å². The van der Waals surface area contributed by atoms with Gasteiger partial charge >= 0.3 is 0 Å². The Morgan fingerprint density at radius 1 is 1.52 bits per heavy atom. The summed E-state index contributed by atoms with van der Waals surface area (Å²) in [6, 6.07) is 1.97. The van der Waals surface area contributed by atoms with Gasteiger partial charge in [0.05, 0.1) is 18.0 Å². The van der Waals surface area contributed by atoms with Crippen molar-refractivity contribution in [3.8, 4) is 0 Å². The van der Waals surface area contributed by atoms with Crippen molar-refractivity contribution < 1.29 is 9.53 Å². The van der Waals surface area contributed by atoms with E-state index in [2.05, 4.69) is 20.6 Å². The molecule has 124 valence electrons. The van der Waals surface area contributed by atoms with E-state index in [1.165, 1.54) is 0 Å². The molecule has 2 N–H and O–H groups in total. The summed E-state index contributed by atoms with van der Waals surface area (Å²) in [7, 11) is 0. The molecule has 0 aliphatic carbocycles. The van der Waals surface area contributed by atoms with Gasteiger partial charge < -0.3 is 10.1 Å². The second-order valence-corrected chi connectivity index (χ2v) is 6.11. The molecule has 7 nitrogen and oxygen atoms in total. The molecule has 0 aromatic carbocycles. The van der Waals surface area contributed by atoms with E-state index in [4.69, 9.17) is 4.74 Å². The first-order valence-corrected chi connectivity index (χ1v) is 8.01. The maximum absolute atomic E-state index is 12.2. The van der Waals surface area contributed by atoms with Crippen LogP contribution in [0.1, 0.15) is 35.9 Å². The van der Waals surface area contributed by atoms with E-state index < -0.39 is 0 Å². The van der Waals surface area contributed by atoms with Crippen LogP contribution in [0.25, 0.3) is 0 Å². The molecule has 0 bridgehead atoms. The van der Waals surface area contributed by atoms with E-state index in [0.29, 0.717) is 6.54 Å². The summed E-state index contributed by atoms with van der Waals surface area (Å²) in [6.07, 6.45) is 5.71. The van der Waals surface area contributed by atoms with Crippen LogP contribution in [0.2, 0.25) is 0 Å². The molecule has 1 amide bonds. The molecule has 0 saturated carbocycles. The number of carbonyl (C=O) groups excluding carboxylic acids is 1. The van der Waals surface area contributed by atoms with Crippen LogP contribution in [0, 0.1) is 19.8 Å². The van der Waals surface area contributed by atoms with Gasteiger partial charge in [0, 0.05) is 36.5 Å². The normalized spacial score (nSPS) is 21.3. The number of ether oxygens (including phenoxy) is 1. The Hall–Kier alpha value is -2.15. The predicted molar refractivity (Wildman–Crippen MR) is 84.7 cm³/mol. The van der Waals surface area contributed by atoms with E-state index >= 15 is 0 Å². The summed E-state index contributed by atoms with van der Waals surface area (Å²) in [5, 5.41) is 14.2. The van der Waals surface area contributed by atoms with Crippen molar-refractivity contribution in [2.75, 3.05) is 13.2 Å². The molecule has 2 atom stereocenters. The van der Waals surface area contributed by atoms with Crippen LogP contribution in [0.4, 0.5) is 0 Å². The molecule has 2 aromatic rings. The first-order valence-electron chi connectivity index (χ1n) is 8.01. The average molecular weight is 317 g/mol. The van der Waals surface area contributed by atoms with Gasteiger partial charge in [-0.15, -0.1) is 0 Å². The fraction of sp³-hybridized carbons (Fsp3) is 0.562. The van der Waals surface area contributed by atoms with Crippen molar-refractivity contribution in [1.29, 1.82) is 0 Å². The first kappa shape index (κ1) is 15.7. The Labute approximate surface area is 135 Å². The monoisotopic (exact) mass is 317 g/mol. The van der Waals surface area contributed by atoms with Crippen LogP contribution in [0.3, 0.4) is 0 Å². The molecule has 7 heteroatoms. The summed E-state index contributed by atoms with van der Waals surface area (Å²) in [5.41, 5.74) is 2.97. The van der Waals surface area contributed by atoms with Gasteiger partial charge in [0.2, 0.25) is 5.91 Å². The minimum Gasteiger partial charge on any atom is -0.373 e. The van der Waals surface area contributed by atoms with E-state index in [-0.39, 0.29) is 24.5 Å². The highest BCUT2D eigenvalue weighted by Gasteiger charge is 2.28. The van der Waals surface area contributed by atoms with Gasteiger partial charge in [0.1, 0.15) is 6.54 Å². The smallest absolute Gasteiger partial charge is 0.241 e. The fourth-order valence-corrected chi connectivity index (χ4v) is 3.11. The summed E-state index contributed by atoms with van der Waals surface area (Å²) in [4.78, 5) is 12.2. The van der Waals surface area contributed by atoms with Crippen LogP contribution in [0.5, 0.6) is 0 Å². The Morgan fingerprint density at radius 3 is 3.09 bits per heavy atom. The topological polar surface area (TPSA) is 84.8 Å². The highest BCUT2D eigenvalue weighted by atomic mass is 16.5. The highest BCUT2D eigenvalue weighted by Crippen LogP contribution is 2.32. The predicted octanol–water partition coefficient (Wildman–Crippen LogP) is 1.51. The average Bonchev–Trinajstić information content (AvgIpc) is 3.16. The lowest BCUT2D eigenvalue weighted by Gasteiger charge is -2.31. The Kier molecular flexibility index (Phi) is 4.76. The Morgan fingerprint density at radius 2 is 2.39 bits per heavy atom. The minimum absolute atomic E-state index is 0.00326. The zero-order valence-electron chi connectivity index (χ0n) is 13.6. The quantitative estimate of drug-likeness (QED) is 0.875. The number of nitrogens with zero attached hydrogens (tertiary/aromatic N) is 3. The summed E-state index contributed by atoms with van der Waals surface area (Å²) in [6.45, 7) is 5.50. The number of aryl methyl sites for hydroxylation is 2. The number of aromatic nitrogens is 4. The van der Waals surface area contributed by atoms with Gasteiger partial charge in [-0.25, -0.2) is 0 Å². The number of carbonyl (C=O) groups is 1. The number of rotatable bonds is 5. The van der Waals surface area contributed by atoms with E-state index in [9.17, 15) is 4.79 Å². The van der Waals surface area contributed by atoms with Gasteiger partial charge in [-0.1, -0.05) is 0 Å². The van der Waals surface area contributed by atoms with E-state index in [0.717, 1.165) is 36.4 Å². The van der Waals surface area contributed by atoms with E-state index in [1.54, 1.807) is 10.9 Å². The molecule has 1 aliphatic heterocycles. The SMILES string of the molecule is Cc1cc(C)n(CC(=O)NC[C@@H]2CCCO[C@H]2c2cn[nH]c2)n1. The lowest BCUT2D eigenvalue weighted by atomic mass is 9.91. The highest BCUT2D eigenvalue weighted by molar-refractivity contribution is 5.75. The van der Waals surface area contributed by atoms with Crippen molar-refractivity contribution in [2.45, 2.75) is 39.3 Å². The van der Waals surface area contributed by atoms with Crippen molar-refractivity contribution in [2.24, 2.45) is 5.92 Å². The van der Waals surface area contributed by atoms with Crippen LogP contribution in [0.15, 0.2) is 18.5 Å². The molecule has 1 fully saturated rings. The zero-order valence-corrected chi connectivity index (χ0v) is 13.6. The summed E-state index contributed by atoms with van der Waals surface area (Å²) in [5.74, 6) is 0.249. The number of amides is 1. The third-order valence-corrected chi connectivity index (χ3v) is 4.25. The Balaban J connectivity index is 1.56. The molecule has 0 unspecified atom stereocenters. The van der Waals surface area contributed by atoms with Gasteiger partial charge in [0.25, 0.3) is 0 Å². The lowest BCUT2D eigenvalue weighted by Crippen LogP contribution is -2.36. The van der Waals surface area contributed by atoms with Crippen LogP contribution < -0.4 is 5.32 Å². The minimum atomic E-state index is -0.0206. The molecule has 23 heavy (non-hydrogen) atoms. The maximum Gasteiger partial charge on any atom is 0.241 e. The molecular weight excluding hydrogens is 294 g/mol. The molecule has 3 rings (SSSR count). The molecular formula is C16H23N5O2. The molecule has 0 spiro atoms. The number of hydrogen-bond donors (Lipinski definition) is 2. The second-order valence-electron chi connectivity index (χ2n) is 6.11. The van der Waals surface area contributed by atoms with Gasteiger partial charge in [-0.05, 0) is 32.8 Å². The van der Waals surface area contributed by atoms with Crippen LogP contribution >= 0.6 is 0 Å². The van der Waals surface area contributed by atoms with Gasteiger partial charge in [-0.3, -0.25) is 14.6 Å². The summed E-state index contributed by atoms with van der Waals surface area (Å²) < 4.78 is 7.61. The lowest BCUT2D eigenvalue weighted by molar-refractivity contribution is -0.122. The third kappa shape index (κ3) is 3.79. The molecule has 1 saturated heterocycles. The van der Waals surface area contributed by atoms with Crippen LogP contribution in [-0.2, 0) is 16.1 Å². The molecule has 1 aliphatic rings. The second kappa shape index (κ2) is 6.95. The number of H-pyrrole nitrogens is 1. The van der Waals surface area contributed by atoms with E-state index in [1.807, 2.05) is 26.1 Å². The summed E-state index contributed by atoms with van der Waals surface area (Å²) >= 11 is 0. The molecule has 2 aromatic heterocycles. The maximum atomic E-state index is 12.2. The molecule has 3 heterocycles. The largest absolute Gasteiger partial charge is 0.373 e. The third-order valence-electron chi connectivity index (χ3n) is 4.25. The Bertz CT molecular complexity index is 649. The standard InChI is InChI=1S/C16H23N5O2/c1-11-6-12(2)21(20-11)10-15(22)17-7-13-4-3-5-23-16(13)14-8-18-19-9-14/h6,8-9,13,16H,3-5,7,10H2,1-2H3,(H,17,22)(H,18,19)/t13-,16+/m0/s1. The molecule has 0 radical (unpaired) electrons. The fourth-order valence-electron chi connectivity index (χ4n) is 3.11. The van der Waals surface area contributed by atoms with Crippen molar-refractivity contribution >= 4 is 5.91 Å². The number of aromatic amines is 1. The van der Waals surface area contributed by atoms with Crippen molar-refractivity contribution in [3.63, 3.8) is 0 Å². The number of hydrogen-bond acceptors (Lipinski definition) is 4. The van der Waals surface area contributed by atoms with Gasteiger partial charge in [-0.2, -0.15) is 10.2 Å². The number of nitrogens with one attached hydrogen (secondary N) is 2.